The van der Waals surface area contributed by atoms with E-state index in [9.17, 15) is 18.0 Å². The predicted molar refractivity (Wildman–Crippen MR) is 73.8 cm³/mol. The molecule has 1 amide bonds. The molecule has 0 saturated carbocycles. The lowest BCUT2D eigenvalue weighted by atomic mass is 10.2. The lowest BCUT2D eigenvalue weighted by Gasteiger charge is -2.05. The first-order valence-electron chi connectivity index (χ1n) is 6.53. The first-order valence-corrected chi connectivity index (χ1v) is 8.18. The number of Topliss-reactive ketones (excluding diaryl/α,β-unsaturated/α-hetero) is 1. The fourth-order valence-corrected chi connectivity index (χ4v) is 2.38. The van der Waals surface area contributed by atoms with Crippen molar-refractivity contribution in [3.63, 3.8) is 0 Å². The van der Waals surface area contributed by atoms with Gasteiger partial charge in [-0.25, -0.2) is 8.42 Å². The number of carbonyl (C=O) groups is 2. The van der Waals surface area contributed by atoms with Crippen molar-refractivity contribution in [3.8, 4) is 0 Å². The number of carbonyl (C=O) groups excluding carboxylic acids is 2. The van der Waals surface area contributed by atoms with Gasteiger partial charge in [0.1, 0.15) is 5.78 Å². The molecule has 0 aliphatic heterocycles. The average molecular weight is 309 g/mol. The molecular weight excluding hydrogens is 286 g/mol. The third-order valence-electron chi connectivity index (χ3n) is 2.42. The quantitative estimate of drug-likeness (QED) is 0.519. The minimum absolute atomic E-state index is 0.0893. The van der Waals surface area contributed by atoms with E-state index in [2.05, 4.69) is 0 Å². The Morgan fingerprint density at radius 3 is 2.40 bits per heavy atom. The molecule has 1 N–H and O–H groups in total. The van der Waals surface area contributed by atoms with Crippen molar-refractivity contribution in [2.24, 2.45) is 0 Å². The SMILES string of the molecule is CCC(=O)NS(=O)(=O)CCC(=O)CCCOCCOC. The van der Waals surface area contributed by atoms with Crippen molar-refractivity contribution in [2.45, 2.75) is 32.6 Å². The van der Waals surface area contributed by atoms with Crippen LogP contribution in [0.2, 0.25) is 0 Å². The zero-order chi connectivity index (χ0) is 15.4. The molecule has 0 unspecified atom stereocenters. The molecule has 0 aliphatic rings. The average Bonchev–Trinajstić information content (AvgIpc) is 2.40. The molecule has 0 atom stereocenters. The van der Waals surface area contributed by atoms with E-state index in [1.54, 1.807) is 14.0 Å². The van der Waals surface area contributed by atoms with Crippen molar-refractivity contribution < 1.29 is 27.5 Å². The van der Waals surface area contributed by atoms with Gasteiger partial charge >= 0.3 is 0 Å². The molecular formula is C12H23NO6S. The number of hydrogen-bond acceptors (Lipinski definition) is 6. The highest BCUT2D eigenvalue weighted by Gasteiger charge is 2.15. The summed E-state index contributed by atoms with van der Waals surface area (Å²) in [4.78, 5) is 22.4. The number of rotatable bonds is 12. The molecule has 0 fully saturated rings. The predicted octanol–water partition coefficient (Wildman–Crippen LogP) is 0.245. The van der Waals surface area contributed by atoms with Gasteiger partial charge in [-0.05, 0) is 6.42 Å². The molecule has 0 heterocycles. The van der Waals surface area contributed by atoms with Crippen LogP contribution in [0.5, 0.6) is 0 Å². The molecule has 20 heavy (non-hydrogen) atoms. The highest BCUT2D eigenvalue weighted by atomic mass is 32.2. The van der Waals surface area contributed by atoms with Crippen LogP contribution in [-0.4, -0.2) is 52.8 Å². The molecule has 0 aromatic heterocycles. The summed E-state index contributed by atoms with van der Waals surface area (Å²) >= 11 is 0. The van der Waals surface area contributed by atoms with Gasteiger partial charge in [0.2, 0.25) is 15.9 Å². The Hall–Kier alpha value is -0.990. The maximum atomic E-state index is 11.5. The van der Waals surface area contributed by atoms with Crippen LogP contribution in [0.25, 0.3) is 0 Å². The standard InChI is InChI=1S/C12H23NO6S/c1-3-12(15)13-20(16,17)10-6-11(14)5-4-7-19-9-8-18-2/h3-10H2,1-2H3,(H,13,15). The molecule has 8 heteroatoms. The van der Waals surface area contributed by atoms with Crippen LogP contribution in [0.3, 0.4) is 0 Å². The number of amides is 1. The van der Waals surface area contributed by atoms with Gasteiger partial charge in [0.05, 0.1) is 19.0 Å². The number of methoxy groups -OCH3 is 1. The normalized spacial score (nSPS) is 11.3. The maximum Gasteiger partial charge on any atom is 0.235 e. The van der Waals surface area contributed by atoms with Crippen LogP contribution in [0.1, 0.15) is 32.6 Å². The molecule has 0 spiro atoms. The largest absolute Gasteiger partial charge is 0.382 e. The molecule has 0 aromatic rings. The van der Waals surface area contributed by atoms with Gasteiger partial charge in [-0.2, -0.15) is 0 Å². The number of sulfonamides is 1. The van der Waals surface area contributed by atoms with Crippen LogP contribution in [0, 0.1) is 0 Å². The second-order valence-corrected chi connectivity index (χ2v) is 6.04. The first kappa shape index (κ1) is 19.0. The van der Waals surface area contributed by atoms with Crippen molar-refractivity contribution in [1.29, 1.82) is 0 Å². The van der Waals surface area contributed by atoms with Crippen molar-refractivity contribution >= 4 is 21.7 Å². The van der Waals surface area contributed by atoms with Crippen molar-refractivity contribution in [1.82, 2.24) is 4.72 Å². The number of nitrogens with one attached hydrogen (secondary N) is 1. The van der Waals surface area contributed by atoms with Crippen LogP contribution >= 0.6 is 0 Å². The molecule has 0 aromatic carbocycles. The number of ether oxygens (including phenoxy) is 2. The summed E-state index contributed by atoms with van der Waals surface area (Å²) < 4.78 is 34.7. The molecule has 0 radical (unpaired) electrons. The molecule has 0 aliphatic carbocycles. The molecule has 0 bridgehead atoms. The van der Waals surface area contributed by atoms with Crippen LogP contribution in [-0.2, 0) is 29.1 Å². The molecule has 118 valence electrons. The Labute approximate surface area is 120 Å². The summed E-state index contributed by atoms with van der Waals surface area (Å²) in [6, 6.07) is 0. The van der Waals surface area contributed by atoms with Gasteiger partial charge in [0.15, 0.2) is 0 Å². The minimum Gasteiger partial charge on any atom is -0.382 e. The Balaban J connectivity index is 3.74. The minimum atomic E-state index is -3.70. The summed E-state index contributed by atoms with van der Waals surface area (Å²) in [7, 11) is -2.12. The van der Waals surface area contributed by atoms with E-state index in [1.807, 2.05) is 4.72 Å². The molecule has 0 rings (SSSR count). The third-order valence-corrected chi connectivity index (χ3v) is 3.70. The highest BCUT2D eigenvalue weighted by Crippen LogP contribution is 1.99. The Morgan fingerprint density at radius 1 is 1.10 bits per heavy atom. The van der Waals surface area contributed by atoms with E-state index in [0.29, 0.717) is 26.2 Å². The zero-order valence-electron chi connectivity index (χ0n) is 12.0. The van der Waals surface area contributed by atoms with E-state index >= 15 is 0 Å². The second-order valence-electron chi connectivity index (χ2n) is 4.20. The lowest BCUT2D eigenvalue weighted by Crippen LogP contribution is -2.32. The third kappa shape index (κ3) is 10.9. The zero-order valence-corrected chi connectivity index (χ0v) is 12.8. The number of hydrogen-bond donors (Lipinski definition) is 1. The van der Waals surface area contributed by atoms with E-state index in [-0.39, 0.29) is 30.8 Å². The summed E-state index contributed by atoms with van der Waals surface area (Å²) in [5.74, 6) is -1.08. The van der Waals surface area contributed by atoms with Gasteiger partial charge in [-0.1, -0.05) is 6.92 Å². The first-order chi connectivity index (χ1) is 9.41. The van der Waals surface area contributed by atoms with Crippen molar-refractivity contribution in [2.75, 3.05) is 32.7 Å². The summed E-state index contributed by atoms with van der Waals surface area (Å²) in [6.45, 7) is 2.97. The van der Waals surface area contributed by atoms with E-state index in [0.717, 1.165) is 0 Å². The topological polar surface area (TPSA) is 98.8 Å². The molecule has 0 saturated heterocycles. The van der Waals surface area contributed by atoms with E-state index in [4.69, 9.17) is 9.47 Å². The Kier molecular flexibility index (Phi) is 10.2. The highest BCUT2D eigenvalue weighted by molar-refractivity contribution is 7.90. The lowest BCUT2D eigenvalue weighted by molar-refractivity contribution is -0.120. The monoisotopic (exact) mass is 309 g/mol. The van der Waals surface area contributed by atoms with E-state index in [1.165, 1.54) is 0 Å². The van der Waals surface area contributed by atoms with Gasteiger partial charge in [0.25, 0.3) is 0 Å². The summed E-state index contributed by atoms with van der Waals surface area (Å²) in [5, 5.41) is 0. The van der Waals surface area contributed by atoms with Gasteiger partial charge in [0, 0.05) is 33.0 Å². The fraction of sp³-hybridized carbons (Fsp3) is 0.833. The Bertz CT molecular complexity index is 393. The van der Waals surface area contributed by atoms with Gasteiger partial charge < -0.3 is 9.47 Å². The summed E-state index contributed by atoms with van der Waals surface area (Å²) in [5.41, 5.74) is 0. The maximum absolute atomic E-state index is 11.5. The summed E-state index contributed by atoms with van der Waals surface area (Å²) in [6.07, 6.45) is 0.810. The van der Waals surface area contributed by atoms with E-state index < -0.39 is 15.9 Å². The van der Waals surface area contributed by atoms with Crippen LogP contribution in [0.15, 0.2) is 0 Å². The van der Waals surface area contributed by atoms with Crippen LogP contribution < -0.4 is 4.72 Å². The van der Waals surface area contributed by atoms with Crippen LogP contribution in [0.4, 0.5) is 0 Å². The van der Waals surface area contributed by atoms with Gasteiger partial charge in [-0.15, -0.1) is 0 Å². The fourth-order valence-electron chi connectivity index (χ4n) is 1.29. The van der Waals surface area contributed by atoms with Crippen molar-refractivity contribution in [3.05, 3.63) is 0 Å². The van der Waals surface area contributed by atoms with Gasteiger partial charge in [-0.3, -0.25) is 14.3 Å². The second kappa shape index (κ2) is 10.8. The Morgan fingerprint density at radius 2 is 1.80 bits per heavy atom. The smallest absolute Gasteiger partial charge is 0.235 e. The number of ketones is 1. The molecule has 7 nitrogen and oxygen atoms in total.